The van der Waals surface area contributed by atoms with Gasteiger partial charge in [-0.25, -0.2) is 0 Å². The molecular formula is C14H11N3. The Kier molecular flexibility index (Phi) is 2.68. The number of fused-ring (bicyclic) bond motifs is 1. The summed E-state index contributed by atoms with van der Waals surface area (Å²) in [7, 11) is 3.73. The van der Waals surface area contributed by atoms with Crippen molar-refractivity contribution in [2.24, 2.45) is 0 Å². The van der Waals surface area contributed by atoms with Crippen molar-refractivity contribution in [3.8, 4) is 12.1 Å². The van der Waals surface area contributed by atoms with Gasteiger partial charge in [0.2, 0.25) is 0 Å². The molecule has 0 saturated heterocycles. The fourth-order valence-corrected chi connectivity index (χ4v) is 1.91. The minimum atomic E-state index is 0.441. The highest BCUT2D eigenvalue weighted by atomic mass is 15.1. The molecular weight excluding hydrogens is 210 g/mol. The zero-order valence-corrected chi connectivity index (χ0v) is 9.73. The van der Waals surface area contributed by atoms with Gasteiger partial charge in [0.25, 0.3) is 0 Å². The molecule has 0 unspecified atom stereocenters. The molecule has 0 saturated carbocycles. The molecule has 0 bridgehead atoms. The summed E-state index contributed by atoms with van der Waals surface area (Å²) < 4.78 is 0. The van der Waals surface area contributed by atoms with Gasteiger partial charge in [-0.1, -0.05) is 24.3 Å². The third kappa shape index (κ3) is 1.68. The predicted octanol–water partition coefficient (Wildman–Crippen LogP) is 2.65. The first-order valence-corrected chi connectivity index (χ1v) is 5.22. The third-order valence-electron chi connectivity index (χ3n) is 2.73. The van der Waals surface area contributed by atoms with Gasteiger partial charge in [0.1, 0.15) is 12.1 Å². The van der Waals surface area contributed by atoms with Crippen LogP contribution in [0.4, 0.5) is 5.69 Å². The Morgan fingerprint density at radius 2 is 1.65 bits per heavy atom. The van der Waals surface area contributed by atoms with Gasteiger partial charge in [-0.3, -0.25) is 0 Å². The topological polar surface area (TPSA) is 50.8 Å². The number of nitrogens with zero attached hydrogens (tertiary/aromatic N) is 3. The molecule has 0 amide bonds. The second-order valence-electron chi connectivity index (χ2n) is 3.98. The molecule has 3 nitrogen and oxygen atoms in total. The summed E-state index contributed by atoms with van der Waals surface area (Å²) in [5, 5.41) is 20.3. The Morgan fingerprint density at radius 1 is 1.00 bits per heavy atom. The van der Waals surface area contributed by atoms with Crippen LogP contribution in [0.15, 0.2) is 30.3 Å². The van der Waals surface area contributed by atoms with Crippen LogP contribution in [0.5, 0.6) is 0 Å². The highest BCUT2D eigenvalue weighted by Crippen LogP contribution is 2.29. The van der Waals surface area contributed by atoms with Gasteiger partial charge >= 0.3 is 0 Å². The summed E-state index contributed by atoms with van der Waals surface area (Å²) in [5.41, 5.74) is 1.67. The molecule has 2 rings (SSSR count). The molecule has 2 aromatic rings. The number of nitriles is 2. The van der Waals surface area contributed by atoms with Crippen molar-refractivity contribution < 1.29 is 0 Å². The van der Waals surface area contributed by atoms with E-state index in [1.807, 2.05) is 49.3 Å². The van der Waals surface area contributed by atoms with E-state index >= 15 is 0 Å². The van der Waals surface area contributed by atoms with Crippen LogP contribution in [0, 0.1) is 22.7 Å². The monoisotopic (exact) mass is 221 g/mol. The van der Waals surface area contributed by atoms with E-state index in [-0.39, 0.29) is 0 Å². The van der Waals surface area contributed by atoms with E-state index < -0.39 is 0 Å². The van der Waals surface area contributed by atoms with E-state index in [4.69, 9.17) is 0 Å². The van der Waals surface area contributed by atoms with Crippen molar-refractivity contribution in [3.05, 3.63) is 41.5 Å². The Morgan fingerprint density at radius 3 is 2.24 bits per heavy atom. The first-order chi connectivity index (χ1) is 8.19. The molecule has 0 radical (unpaired) electrons. The first kappa shape index (κ1) is 11.0. The van der Waals surface area contributed by atoms with E-state index in [0.29, 0.717) is 11.1 Å². The van der Waals surface area contributed by atoms with Crippen molar-refractivity contribution in [1.82, 2.24) is 0 Å². The van der Waals surface area contributed by atoms with E-state index in [2.05, 4.69) is 12.1 Å². The lowest BCUT2D eigenvalue weighted by molar-refractivity contribution is 1.13. The SMILES string of the molecule is CN(C)c1cc2ccccc2c(C#N)c1C#N. The lowest BCUT2D eigenvalue weighted by Gasteiger charge is -2.16. The number of rotatable bonds is 1. The zero-order valence-electron chi connectivity index (χ0n) is 9.73. The fourth-order valence-electron chi connectivity index (χ4n) is 1.91. The maximum atomic E-state index is 9.23. The molecule has 0 heterocycles. The molecule has 2 aromatic carbocycles. The van der Waals surface area contributed by atoms with E-state index in [0.717, 1.165) is 16.5 Å². The smallest absolute Gasteiger partial charge is 0.103 e. The average Bonchev–Trinajstić information content (AvgIpc) is 2.36. The summed E-state index contributed by atoms with van der Waals surface area (Å²) in [6.07, 6.45) is 0. The molecule has 0 atom stereocenters. The lowest BCUT2D eigenvalue weighted by atomic mass is 9.98. The van der Waals surface area contributed by atoms with Crippen molar-refractivity contribution in [2.75, 3.05) is 19.0 Å². The van der Waals surface area contributed by atoms with Crippen LogP contribution in [-0.2, 0) is 0 Å². The zero-order chi connectivity index (χ0) is 12.4. The number of hydrogen-bond donors (Lipinski definition) is 0. The highest BCUT2D eigenvalue weighted by molar-refractivity contribution is 5.94. The van der Waals surface area contributed by atoms with E-state index in [9.17, 15) is 10.5 Å². The van der Waals surface area contributed by atoms with Gasteiger partial charge in [-0.15, -0.1) is 0 Å². The van der Waals surface area contributed by atoms with Gasteiger partial charge in [-0.05, 0) is 11.5 Å². The second-order valence-corrected chi connectivity index (χ2v) is 3.98. The van der Waals surface area contributed by atoms with Gasteiger partial charge < -0.3 is 4.90 Å². The number of hydrogen-bond acceptors (Lipinski definition) is 3. The van der Waals surface area contributed by atoms with E-state index in [1.165, 1.54) is 0 Å². The maximum absolute atomic E-state index is 9.23. The minimum absolute atomic E-state index is 0.441. The molecule has 82 valence electrons. The van der Waals surface area contributed by atoms with Gasteiger partial charge in [0.15, 0.2) is 0 Å². The molecule has 0 aliphatic heterocycles. The van der Waals surface area contributed by atoms with Crippen molar-refractivity contribution in [2.45, 2.75) is 0 Å². The quantitative estimate of drug-likeness (QED) is 0.743. The molecule has 0 aliphatic rings. The standard InChI is InChI=1S/C14H11N3/c1-17(2)14-7-10-5-3-4-6-11(10)12(8-15)13(14)9-16/h3-7H,1-2H3. The maximum Gasteiger partial charge on any atom is 0.103 e. The molecule has 3 heteroatoms. The summed E-state index contributed by atoms with van der Waals surface area (Å²) >= 11 is 0. The molecule has 0 aromatic heterocycles. The van der Waals surface area contributed by atoms with Gasteiger partial charge in [0, 0.05) is 19.5 Å². The molecule has 0 fully saturated rings. The van der Waals surface area contributed by atoms with Crippen LogP contribution >= 0.6 is 0 Å². The van der Waals surface area contributed by atoms with Crippen LogP contribution < -0.4 is 4.90 Å². The number of anilines is 1. The average molecular weight is 221 g/mol. The molecule has 0 aliphatic carbocycles. The van der Waals surface area contributed by atoms with Crippen LogP contribution in [0.3, 0.4) is 0 Å². The van der Waals surface area contributed by atoms with Crippen LogP contribution in [0.2, 0.25) is 0 Å². The summed E-state index contributed by atoms with van der Waals surface area (Å²) in [6.45, 7) is 0. The summed E-state index contributed by atoms with van der Waals surface area (Å²) in [5.74, 6) is 0. The summed E-state index contributed by atoms with van der Waals surface area (Å²) in [4.78, 5) is 1.85. The minimum Gasteiger partial charge on any atom is -0.377 e. The van der Waals surface area contributed by atoms with Crippen LogP contribution in [-0.4, -0.2) is 14.1 Å². The number of benzene rings is 2. The van der Waals surface area contributed by atoms with Crippen molar-refractivity contribution >= 4 is 16.5 Å². The van der Waals surface area contributed by atoms with E-state index in [1.54, 1.807) is 0 Å². The third-order valence-corrected chi connectivity index (χ3v) is 2.73. The fraction of sp³-hybridized carbons (Fsp3) is 0.143. The Balaban J connectivity index is 2.96. The van der Waals surface area contributed by atoms with Crippen molar-refractivity contribution in [1.29, 1.82) is 10.5 Å². The lowest BCUT2D eigenvalue weighted by Crippen LogP contribution is -2.11. The van der Waals surface area contributed by atoms with Gasteiger partial charge in [-0.2, -0.15) is 10.5 Å². The molecule has 17 heavy (non-hydrogen) atoms. The predicted molar refractivity (Wildman–Crippen MR) is 67.7 cm³/mol. The summed E-state index contributed by atoms with van der Waals surface area (Å²) in [6, 6.07) is 13.8. The Labute approximate surface area is 100 Å². The normalized spacial score (nSPS) is 9.65. The Bertz CT molecular complexity index is 657. The van der Waals surface area contributed by atoms with Crippen molar-refractivity contribution in [3.63, 3.8) is 0 Å². The molecule has 0 spiro atoms. The second kappa shape index (κ2) is 4.15. The Hall–Kier alpha value is -2.52. The van der Waals surface area contributed by atoms with Crippen LogP contribution in [0.1, 0.15) is 11.1 Å². The molecule has 0 N–H and O–H groups in total. The highest BCUT2D eigenvalue weighted by Gasteiger charge is 2.13. The first-order valence-electron chi connectivity index (χ1n) is 5.22. The van der Waals surface area contributed by atoms with Crippen LogP contribution in [0.25, 0.3) is 10.8 Å². The largest absolute Gasteiger partial charge is 0.377 e. The van der Waals surface area contributed by atoms with Gasteiger partial charge in [0.05, 0.1) is 16.8 Å².